The second-order valence-electron chi connectivity index (χ2n) is 8.95. The first-order valence-corrected chi connectivity index (χ1v) is 12.4. The molecule has 0 radical (unpaired) electrons. The first kappa shape index (κ1) is 22.6. The van der Waals surface area contributed by atoms with E-state index < -0.39 is 0 Å². The Hall–Kier alpha value is -3.14. The maximum absolute atomic E-state index is 6.03. The standard InChI is InChI=1S/C31H33NO2/c1-2-25-7-3-5-9-28(25)30-16-13-26-8-4-6-10-29(26)31(30)23-24-11-14-27(15-12-24)34-22-19-32-17-20-33-21-18-32/h3-16H,2,17-23H2,1H3. The summed E-state index contributed by atoms with van der Waals surface area (Å²) >= 11 is 0. The molecule has 3 heteroatoms. The summed E-state index contributed by atoms with van der Waals surface area (Å²) in [6.07, 6.45) is 1.92. The van der Waals surface area contributed by atoms with Gasteiger partial charge in [0.15, 0.2) is 0 Å². The van der Waals surface area contributed by atoms with E-state index in [-0.39, 0.29) is 0 Å². The van der Waals surface area contributed by atoms with E-state index in [1.807, 2.05) is 0 Å². The Morgan fingerprint density at radius 3 is 2.38 bits per heavy atom. The maximum Gasteiger partial charge on any atom is 0.119 e. The van der Waals surface area contributed by atoms with Crippen molar-refractivity contribution < 1.29 is 9.47 Å². The van der Waals surface area contributed by atoms with Crippen molar-refractivity contribution in [3.8, 4) is 16.9 Å². The molecule has 3 nitrogen and oxygen atoms in total. The van der Waals surface area contributed by atoms with Gasteiger partial charge in [-0.05, 0) is 63.6 Å². The van der Waals surface area contributed by atoms with Crippen LogP contribution in [0.4, 0.5) is 0 Å². The normalized spacial score (nSPS) is 14.4. The van der Waals surface area contributed by atoms with Crippen molar-refractivity contribution >= 4 is 10.8 Å². The van der Waals surface area contributed by atoms with Crippen LogP contribution in [0.3, 0.4) is 0 Å². The Morgan fingerprint density at radius 2 is 1.56 bits per heavy atom. The topological polar surface area (TPSA) is 21.7 Å². The van der Waals surface area contributed by atoms with Gasteiger partial charge >= 0.3 is 0 Å². The molecule has 0 spiro atoms. The molecule has 174 valence electrons. The molecule has 34 heavy (non-hydrogen) atoms. The number of rotatable bonds is 8. The van der Waals surface area contributed by atoms with Gasteiger partial charge in [-0.15, -0.1) is 0 Å². The number of fused-ring (bicyclic) bond motifs is 1. The van der Waals surface area contributed by atoms with Crippen LogP contribution in [0.15, 0.2) is 84.9 Å². The Kier molecular flexibility index (Phi) is 7.23. The van der Waals surface area contributed by atoms with Gasteiger partial charge in [0.25, 0.3) is 0 Å². The number of hydrogen-bond acceptors (Lipinski definition) is 3. The molecule has 0 aromatic heterocycles. The third-order valence-corrected chi connectivity index (χ3v) is 6.81. The molecule has 1 saturated heterocycles. The molecule has 4 aromatic carbocycles. The van der Waals surface area contributed by atoms with Crippen LogP contribution in [0.5, 0.6) is 5.75 Å². The third-order valence-electron chi connectivity index (χ3n) is 6.81. The van der Waals surface area contributed by atoms with Gasteiger partial charge in [0.1, 0.15) is 12.4 Å². The van der Waals surface area contributed by atoms with E-state index in [4.69, 9.17) is 9.47 Å². The van der Waals surface area contributed by atoms with Crippen LogP contribution in [0.1, 0.15) is 23.6 Å². The van der Waals surface area contributed by atoms with Gasteiger partial charge in [0.2, 0.25) is 0 Å². The number of benzene rings is 4. The second kappa shape index (κ2) is 10.9. The van der Waals surface area contributed by atoms with Crippen molar-refractivity contribution in [3.63, 3.8) is 0 Å². The van der Waals surface area contributed by atoms with Crippen LogP contribution >= 0.6 is 0 Å². The molecule has 4 aromatic rings. The van der Waals surface area contributed by atoms with E-state index >= 15 is 0 Å². The van der Waals surface area contributed by atoms with Crippen LogP contribution in [0.25, 0.3) is 21.9 Å². The van der Waals surface area contributed by atoms with E-state index in [9.17, 15) is 0 Å². The van der Waals surface area contributed by atoms with Crippen molar-refractivity contribution in [1.82, 2.24) is 4.90 Å². The van der Waals surface area contributed by atoms with Crippen molar-refractivity contribution in [2.45, 2.75) is 19.8 Å². The minimum atomic E-state index is 0.709. The average Bonchev–Trinajstić information content (AvgIpc) is 2.90. The molecule has 1 aliphatic heterocycles. The highest BCUT2D eigenvalue weighted by molar-refractivity contribution is 5.92. The molecule has 0 saturated carbocycles. The van der Waals surface area contributed by atoms with Crippen LogP contribution in [-0.2, 0) is 17.6 Å². The van der Waals surface area contributed by atoms with Gasteiger partial charge in [-0.2, -0.15) is 0 Å². The minimum absolute atomic E-state index is 0.709. The van der Waals surface area contributed by atoms with E-state index in [0.717, 1.165) is 51.4 Å². The number of ether oxygens (including phenoxy) is 2. The largest absolute Gasteiger partial charge is 0.492 e. The number of hydrogen-bond donors (Lipinski definition) is 0. The minimum Gasteiger partial charge on any atom is -0.492 e. The fourth-order valence-corrected chi connectivity index (χ4v) is 4.90. The summed E-state index contributed by atoms with van der Waals surface area (Å²) in [7, 11) is 0. The quantitative estimate of drug-likeness (QED) is 0.311. The molecule has 0 amide bonds. The zero-order valence-electron chi connectivity index (χ0n) is 20.0. The lowest BCUT2D eigenvalue weighted by Crippen LogP contribution is -2.38. The van der Waals surface area contributed by atoms with Gasteiger partial charge in [-0.25, -0.2) is 0 Å². The zero-order valence-corrected chi connectivity index (χ0v) is 20.0. The highest BCUT2D eigenvalue weighted by atomic mass is 16.5. The predicted molar refractivity (Wildman–Crippen MR) is 141 cm³/mol. The van der Waals surface area contributed by atoms with Gasteiger partial charge in [-0.1, -0.05) is 79.7 Å². The van der Waals surface area contributed by atoms with E-state index in [1.165, 1.54) is 38.6 Å². The SMILES string of the molecule is CCc1ccccc1-c1ccc2ccccc2c1Cc1ccc(OCCN2CCOCC2)cc1. The van der Waals surface area contributed by atoms with E-state index in [2.05, 4.69) is 96.8 Å². The van der Waals surface area contributed by atoms with Crippen LogP contribution < -0.4 is 4.74 Å². The summed E-state index contributed by atoms with van der Waals surface area (Å²) in [4.78, 5) is 2.40. The molecule has 0 aliphatic carbocycles. The Morgan fingerprint density at radius 1 is 0.794 bits per heavy atom. The molecule has 0 unspecified atom stereocenters. The smallest absolute Gasteiger partial charge is 0.119 e. The van der Waals surface area contributed by atoms with Gasteiger partial charge in [0, 0.05) is 19.6 Å². The fraction of sp³-hybridized carbons (Fsp3) is 0.290. The molecule has 1 aliphatic rings. The first-order valence-electron chi connectivity index (χ1n) is 12.4. The Labute approximate surface area is 202 Å². The van der Waals surface area contributed by atoms with Crippen molar-refractivity contribution in [3.05, 3.63) is 102 Å². The first-order chi connectivity index (χ1) is 16.8. The summed E-state index contributed by atoms with van der Waals surface area (Å²) in [5.74, 6) is 0.937. The highest BCUT2D eigenvalue weighted by Crippen LogP contribution is 2.34. The monoisotopic (exact) mass is 451 g/mol. The fourth-order valence-electron chi connectivity index (χ4n) is 4.90. The maximum atomic E-state index is 6.03. The number of nitrogens with zero attached hydrogens (tertiary/aromatic N) is 1. The van der Waals surface area contributed by atoms with Crippen LogP contribution in [-0.4, -0.2) is 44.4 Å². The lowest BCUT2D eigenvalue weighted by Gasteiger charge is -2.26. The molecule has 0 atom stereocenters. The average molecular weight is 452 g/mol. The molecule has 0 N–H and O–H groups in total. The summed E-state index contributed by atoms with van der Waals surface area (Å²) in [5, 5.41) is 2.62. The summed E-state index contributed by atoms with van der Waals surface area (Å²) in [6, 6.07) is 30.7. The Balaban J connectivity index is 1.37. The van der Waals surface area contributed by atoms with Gasteiger partial charge in [-0.3, -0.25) is 4.90 Å². The molecule has 1 heterocycles. The van der Waals surface area contributed by atoms with E-state index in [1.54, 1.807) is 0 Å². The third kappa shape index (κ3) is 5.16. The van der Waals surface area contributed by atoms with Crippen molar-refractivity contribution in [2.75, 3.05) is 39.5 Å². The van der Waals surface area contributed by atoms with Crippen LogP contribution in [0, 0.1) is 0 Å². The van der Waals surface area contributed by atoms with Crippen molar-refractivity contribution in [2.24, 2.45) is 0 Å². The molecule has 5 rings (SSSR count). The lowest BCUT2D eigenvalue weighted by atomic mass is 9.88. The molecular weight excluding hydrogens is 418 g/mol. The Bertz CT molecular complexity index is 1230. The van der Waals surface area contributed by atoms with Gasteiger partial charge in [0.05, 0.1) is 13.2 Å². The molecule has 0 bridgehead atoms. The lowest BCUT2D eigenvalue weighted by molar-refractivity contribution is 0.0322. The van der Waals surface area contributed by atoms with Crippen molar-refractivity contribution in [1.29, 1.82) is 0 Å². The molecular formula is C31H33NO2. The highest BCUT2D eigenvalue weighted by Gasteiger charge is 2.13. The summed E-state index contributed by atoms with van der Waals surface area (Å²) in [5.41, 5.74) is 6.76. The molecule has 1 fully saturated rings. The summed E-state index contributed by atoms with van der Waals surface area (Å²) in [6.45, 7) is 7.54. The predicted octanol–water partition coefficient (Wildman–Crippen LogP) is 6.37. The van der Waals surface area contributed by atoms with E-state index in [0.29, 0.717) is 6.61 Å². The van der Waals surface area contributed by atoms with Gasteiger partial charge < -0.3 is 9.47 Å². The van der Waals surface area contributed by atoms with Crippen LogP contribution in [0.2, 0.25) is 0 Å². The second-order valence-corrected chi connectivity index (χ2v) is 8.95. The zero-order chi connectivity index (χ0) is 23.2. The number of morpholine rings is 1. The summed E-state index contributed by atoms with van der Waals surface area (Å²) < 4.78 is 11.4. The number of aryl methyl sites for hydroxylation is 1.